The van der Waals surface area contributed by atoms with Crippen LogP contribution in [0, 0.1) is 0 Å². The van der Waals surface area contributed by atoms with Crippen LogP contribution >= 0.6 is 11.3 Å². The molecule has 1 amide bonds. The molecule has 2 heterocycles. The normalized spacial score (nSPS) is 16.5. The summed E-state index contributed by atoms with van der Waals surface area (Å²) in [6.45, 7) is 5.96. The Balaban J connectivity index is 1.48. The molecule has 7 heteroatoms. The number of methoxy groups -OCH3 is 1. The van der Waals surface area contributed by atoms with Crippen molar-refractivity contribution in [3.05, 3.63) is 41.4 Å². The Morgan fingerprint density at radius 1 is 1.32 bits per heavy atom. The molecule has 0 unspecified atom stereocenters. The van der Waals surface area contributed by atoms with Gasteiger partial charge in [-0.1, -0.05) is 18.2 Å². The molecule has 1 atom stereocenters. The maximum Gasteiger partial charge on any atom is 0.234 e. The Labute approximate surface area is 152 Å². The topological polar surface area (TPSA) is 57.7 Å². The van der Waals surface area contributed by atoms with E-state index in [0.717, 1.165) is 42.6 Å². The molecular formula is C18H24N4O2S. The minimum atomic E-state index is -0.0831. The van der Waals surface area contributed by atoms with E-state index in [1.165, 1.54) is 0 Å². The smallest absolute Gasteiger partial charge is 0.234 e. The Morgan fingerprint density at radius 2 is 2.08 bits per heavy atom. The Morgan fingerprint density at radius 3 is 2.76 bits per heavy atom. The average Bonchev–Trinajstić information content (AvgIpc) is 3.17. The summed E-state index contributed by atoms with van der Waals surface area (Å²) in [6, 6.07) is 7.70. The first-order valence-corrected chi connectivity index (χ1v) is 9.34. The van der Waals surface area contributed by atoms with E-state index in [2.05, 4.69) is 20.1 Å². The summed E-state index contributed by atoms with van der Waals surface area (Å²) in [6.07, 6.45) is 1.83. The maximum atomic E-state index is 12.4. The van der Waals surface area contributed by atoms with Crippen LogP contribution in [0.15, 0.2) is 35.8 Å². The van der Waals surface area contributed by atoms with Gasteiger partial charge in [-0.2, -0.15) is 0 Å². The lowest BCUT2D eigenvalue weighted by Crippen LogP contribution is -2.49. The third kappa shape index (κ3) is 4.49. The highest BCUT2D eigenvalue weighted by atomic mass is 32.1. The van der Waals surface area contributed by atoms with Crippen LogP contribution in [0.25, 0.3) is 0 Å². The molecule has 2 aromatic rings. The molecule has 3 rings (SSSR count). The number of nitrogens with one attached hydrogen (secondary N) is 1. The predicted octanol–water partition coefficient (Wildman–Crippen LogP) is 2.15. The first-order valence-electron chi connectivity index (χ1n) is 8.46. The fourth-order valence-corrected chi connectivity index (χ4v) is 3.76. The zero-order valence-corrected chi connectivity index (χ0v) is 15.5. The lowest BCUT2D eigenvalue weighted by Gasteiger charge is -2.34. The van der Waals surface area contributed by atoms with Gasteiger partial charge in [-0.25, -0.2) is 4.98 Å². The minimum Gasteiger partial charge on any atom is -0.496 e. The number of nitrogens with zero attached hydrogens (tertiary/aromatic N) is 3. The summed E-state index contributed by atoms with van der Waals surface area (Å²) in [7, 11) is 1.65. The largest absolute Gasteiger partial charge is 0.496 e. The van der Waals surface area contributed by atoms with E-state index in [9.17, 15) is 4.79 Å². The maximum absolute atomic E-state index is 12.4. The summed E-state index contributed by atoms with van der Waals surface area (Å²) < 4.78 is 5.37. The van der Waals surface area contributed by atoms with Crippen molar-refractivity contribution in [1.82, 2.24) is 15.2 Å². The third-order valence-corrected chi connectivity index (χ3v) is 5.24. The molecule has 0 spiro atoms. The Hall–Kier alpha value is -2.12. The quantitative estimate of drug-likeness (QED) is 0.855. The van der Waals surface area contributed by atoms with Gasteiger partial charge >= 0.3 is 0 Å². The van der Waals surface area contributed by atoms with Crippen LogP contribution in [0.5, 0.6) is 5.75 Å². The van der Waals surface area contributed by atoms with Crippen LogP contribution in [0.4, 0.5) is 5.13 Å². The number of ether oxygens (including phenoxy) is 1. The summed E-state index contributed by atoms with van der Waals surface area (Å²) in [5.41, 5.74) is 0.993. The van der Waals surface area contributed by atoms with E-state index in [1.807, 2.05) is 42.8 Å². The Bertz CT molecular complexity index is 684. The average molecular weight is 360 g/mol. The van der Waals surface area contributed by atoms with Crippen LogP contribution < -0.4 is 15.0 Å². The highest BCUT2D eigenvalue weighted by molar-refractivity contribution is 7.13. The number of hydrogen-bond donors (Lipinski definition) is 1. The van der Waals surface area contributed by atoms with Crippen LogP contribution in [0.2, 0.25) is 0 Å². The number of carbonyl (C=O) groups excluding carboxylic acids is 1. The molecule has 0 saturated carbocycles. The van der Waals surface area contributed by atoms with Gasteiger partial charge in [0.15, 0.2) is 5.13 Å². The van der Waals surface area contributed by atoms with Crippen molar-refractivity contribution in [2.75, 3.05) is 44.7 Å². The summed E-state index contributed by atoms with van der Waals surface area (Å²) >= 11 is 1.66. The molecule has 25 heavy (non-hydrogen) atoms. The van der Waals surface area contributed by atoms with Crippen molar-refractivity contribution >= 4 is 22.4 Å². The van der Waals surface area contributed by atoms with Crippen molar-refractivity contribution in [1.29, 1.82) is 0 Å². The summed E-state index contributed by atoms with van der Waals surface area (Å²) in [5, 5.41) is 6.13. The molecule has 1 saturated heterocycles. The number of benzene rings is 1. The highest BCUT2D eigenvalue weighted by Gasteiger charge is 2.21. The van der Waals surface area contributed by atoms with Crippen molar-refractivity contribution in [3.63, 3.8) is 0 Å². The molecular weight excluding hydrogens is 336 g/mol. The zero-order valence-electron chi connectivity index (χ0n) is 14.6. The second-order valence-corrected chi connectivity index (χ2v) is 6.98. The molecule has 1 aliphatic heterocycles. The fourth-order valence-electron chi connectivity index (χ4n) is 3.06. The first-order chi connectivity index (χ1) is 12.2. The molecule has 1 fully saturated rings. The van der Waals surface area contributed by atoms with Crippen LogP contribution in [0.1, 0.15) is 18.5 Å². The van der Waals surface area contributed by atoms with E-state index < -0.39 is 0 Å². The third-order valence-electron chi connectivity index (χ3n) is 4.41. The van der Waals surface area contributed by atoms with Gasteiger partial charge in [0.1, 0.15) is 5.75 Å². The number of rotatable bonds is 6. The van der Waals surface area contributed by atoms with Crippen LogP contribution in [-0.4, -0.2) is 55.6 Å². The number of carbonyl (C=O) groups is 1. The van der Waals surface area contributed by atoms with Gasteiger partial charge in [-0.05, 0) is 13.0 Å². The Kier molecular flexibility index (Phi) is 5.88. The number of para-hydroxylation sites is 1. The number of amides is 1. The molecule has 1 aliphatic rings. The highest BCUT2D eigenvalue weighted by Crippen LogP contribution is 2.24. The standard InChI is InChI=1S/C18H24N4O2S/c1-14(15-5-3-4-6-16(15)24-2)20-17(23)13-21-8-10-22(11-9-21)18-19-7-12-25-18/h3-7,12,14H,8-11,13H2,1-2H3,(H,20,23)/t14-/m1/s1. The molecule has 0 radical (unpaired) electrons. The van der Waals surface area contributed by atoms with E-state index in [-0.39, 0.29) is 11.9 Å². The van der Waals surface area contributed by atoms with E-state index in [1.54, 1.807) is 18.4 Å². The molecule has 1 aromatic heterocycles. The van der Waals surface area contributed by atoms with Gasteiger partial charge in [0.25, 0.3) is 0 Å². The minimum absolute atomic E-state index is 0.0427. The molecule has 134 valence electrons. The van der Waals surface area contributed by atoms with Gasteiger partial charge in [-0.15, -0.1) is 11.3 Å². The number of hydrogen-bond acceptors (Lipinski definition) is 6. The van der Waals surface area contributed by atoms with Crippen molar-refractivity contribution in [3.8, 4) is 5.75 Å². The number of anilines is 1. The molecule has 0 aliphatic carbocycles. The van der Waals surface area contributed by atoms with E-state index >= 15 is 0 Å². The predicted molar refractivity (Wildman–Crippen MR) is 100 cm³/mol. The number of thiazole rings is 1. The first kappa shape index (κ1) is 17.7. The molecule has 1 aromatic carbocycles. The van der Waals surface area contributed by atoms with Crippen molar-refractivity contribution in [2.24, 2.45) is 0 Å². The fraction of sp³-hybridized carbons (Fsp3) is 0.444. The lowest BCUT2D eigenvalue weighted by molar-refractivity contribution is -0.123. The van der Waals surface area contributed by atoms with Gasteiger partial charge in [-0.3, -0.25) is 9.69 Å². The van der Waals surface area contributed by atoms with Crippen LogP contribution in [-0.2, 0) is 4.79 Å². The molecule has 0 bridgehead atoms. The summed E-state index contributed by atoms with van der Waals surface area (Å²) in [5.74, 6) is 0.841. The van der Waals surface area contributed by atoms with Crippen LogP contribution in [0.3, 0.4) is 0 Å². The van der Waals surface area contributed by atoms with Gasteiger partial charge in [0.05, 0.1) is 19.7 Å². The molecule has 1 N–H and O–H groups in total. The van der Waals surface area contributed by atoms with Crippen molar-refractivity contribution in [2.45, 2.75) is 13.0 Å². The zero-order chi connectivity index (χ0) is 17.6. The van der Waals surface area contributed by atoms with Gasteiger partial charge < -0.3 is 15.0 Å². The number of aromatic nitrogens is 1. The van der Waals surface area contributed by atoms with Crippen molar-refractivity contribution < 1.29 is 9.53 Å². The van der Waals surface area contributed by atoms with E-state index in [0.29, 0.717) is 6.54 Å². The van der Waals surface area contributed by atoms with Gasteiger partial charge in [0, 0.05) is 43.3 Å². The second kappa shape index (κ2) is 8.31. The SMILES string of the molecule is COc1ccccc1[C@@H](C)NC(=O)CN1CCN(c2nccs2)CC1. The molecule has 6 nitrogen and oxygen atoms in total. The number of piperazine rings is 1. The monoisotopic (exact) mass is 360 g/mol. The lowest BCUT2D eigenvalue weighted by atomic mass is 10.1. The van der Waals surface area contributed by atoms with E-state index in [4.69, 9.17) is 4.74 Å². The summed E-state index contributed by atoms with van der Waals surface area (Å²) in [4.78, 5) is 21.2. The van der Waals surface area contributed by atoms with Gasteiger partial charge in [0.2, 0.25) is 5.91 Å². The second-order valence-electron chi connectivity index (χ2n) is 6.11.